The van der Waals surface area contributed by atoms with Crippen molar-refractivity contribution in [2.24, 2.45) is 7.05 Å². The van der Waals surface area contributed by atoms with Crippen LogP contribution in [0.25, 0.3) is 11.0 Å². The third-order valence-electron chi connectivity index (χ3n) is 4.73. The molecule has 1 atom stereocenters. The van der Waals surface area contributed by atoms with E-state index in [0.717, 1.165) is 21.2 Å². The number of benzene rings is 2. The number of amides is 1. The summed E-state index contributed by atoms with van der Waals surface area (Å²) in [6.45, 7) is -0.219. The molecular formula is C21H19N5O3. The van der Waals surface area contributed by atoms with Gasteiger partial charge in [-0.25, -0.2) is 9.78 Å². The average Bonchev–Trinajstić information content (AvgIpc) is 3.06. The van der Waals surface area contributed by atoms with Gasteiger partial charge in [0.25, 0.3) is 5.56 Å². The van der Waals surface area contributed by atoms with Crippen LogP contribution >= 0.6 is 0 Å². The maximum absolute atomic E-state index is 12.7. The Kier molecular flexibility index (Phi) is 4.82. The van der Waals surface area contributed by atoms with Gasteiger partial charge in [-0.15, -0.1) is 0 Å². The molecule has 0 aliphatic carbocycles. The van der Waals surface area contributed by atoms with E-state index in [2.05, 4.69) is 10.3 Å². The Morgan fingerprint density at radius 1 is 1.07 bits per heavy atom. The normalized spacial score (nSPS) is 12.0. The molecule has 0 spiro atoms. The second kappa shape index (κ2) is 7.59. The predicted molar refractivity (Wildman–Crippen MR) is 108 cm³/mol. The Morgan fingerprint density at radius 2 is 1.79 bits per heavy atom. The molecule has 1 unspecified atom stereocenters. The monoisotopic (exact) mass is 389 g/mol. The molecule has 0 radical (unpaired) electrons. The van der Waals surface area contributed by atoms with Crippen LogP contribution in [-0.2, 0) is 18.4 Å². The molecule has 29 heavy (non-hydrogen) atoms. The van der Waals surface area contributed by atoms with Crippen LogP contribution < -0.4 is 16.6 Å². The number of nitrogens with zero attached hydrogens (tertiary/aromatic N) is 3. The molecule has 8 nitrogen and oxygen atoms in total. The van der Waals surface area contributed by atoms with Crippen molar-refractivity contribution in [2.45, 2.75) is 12.6 Å². The largest absolute Gasteiger partial charge is 0.341 e. The maximum Gasteiger partial charge on any atom is 0.328 e. The second-order valence-corrected chi connectivity index (χ2v) is 6.67. The summed E-state index contributed by atoms with van der Waals surface area (Å²) in [6, 6.07) is 18.0. The fourth-order valence-corrected chi connectivity index (χ4v) is 3.29. The van der Waals surface area contributed by atoms with E-state index in [0.29, 0.717) is 5.82 Å². The van der Waals surface area contributed by atoms with Crippen molar-refractivity contribution in [3.63, 3.8) is 0 Å². The van der Waals surface area contributed by atoms with Crippen LogP contribution in [0.15, 0.2) is 76.4 Å². The molecule has 0 saturated heterocycles. The Morgan fingerprint density at radius 3 is 2.52 bits per heavy atom. The van der Waals surface area contributed by atoms with Crippen LogP contribution in [0.4, 0.5) is 0 Å². The number of aromatic nitrogens is 4. The lowest BCUT2D eigenvalue weighted by molar-refractivity contribution is -0.122. The number of hydrogen-bond acceptors (Lipinski definition) is 4. The first kappa shape index (κ1) is 18.4. The van der Waals surface area contributed by atoms with E-state index in [9.17, 15) is 14.4 Å². The summed E-state index contributed by atoms with van der Waals surface area (Å²) in [7, 11) is 1.90. The first-order valence-electron chi connectivity index (χ1n) is 9.08. The van der Waals surface area contributed by atoms with E-state index in [1.807, 2.05) is 66.2 Å². The summed E-state index contributed by atoms with van der Waals surface area (Å²) in [5.41, 5.74) is 1.51. The van der Waals surface area contributed by atoms with Crippen molar-refractivity contribution in [1.29, 1.82) is 0 Å². The Hall–Kier alpha value is -3.94. The van der Waals surface area contributed by atoms with Crippen molar-refractivity contribution in [3.8, 4) is 0 Å². The van der Waals surface area contributed by atoms with Gasteiger partial charge in [-0.05, 0) is 17.7 Å². The zero-order valence-corrected chi connectivity index (χ0v) is 15.7. The first-order chi connectivity index (χ1) is 14.0. The quantitative estimate of drug-likeness (QED) is 0.538. The van der Waals surface area contributed by atoms with Crippen LogP contribution in [-0.4, -0.2) is 25.0 Å². The molecule has 8 heteroatoms. The van der Waals surface area contributed by atoms with E-state index in [-0.39, 0.29) is 12.5 Å². The zero-order valence-electron chi connectivity index (χ0n) is 15.7. The van der Waals surface area contributed by atoms with Crippen LogP contribution in [0.1, 0.15) is 17.4 Å². The number of fused-ring (bicyclic) bond motifs is 1. The van der Waals surface area contributed by atoms with Gasteiger partial charge in [0.1, 0.15) is 18.4 Å². The number of aromatic amines is 1. The van der Waals surface area contributed by atoms with Crippen molar-refractivity contribution < 1.29 is 4.79 Å². The van der Waals surface area contributed by atoms with E-state index in [4.69, 9.17) is 4.98 Å². The number of carbonyl (C=O) groups excluding carboxylic acids is 1. The van der Waals surface area contributed by atoms with Gasteiger partial charge in [-0.2, -0.15) is 0 Å². The summed E-state index contributed by atoms with van der Waals surface area (Å²) in [6.07, 6.45) is 1.30. The number of aryl methyl sites for hydroxylation is 1. The molecule has 4 rings (SSSR count). The number of carbonyl (C=O) groups is 1. The van der Waals surface area contributed by atoms with Gasteiger partial charge < -0.3 is 9.88 Å². The van der Waals surface area contributed by atoms with Crippen LogP contribution in [0.5, 0.6) is 0 Å². The van der Waals surface area contributed by atoms with Crippen molar-refractivity contribution >= 4 is 16.9 Å². The highest BCUT2D eigenvalue weighted by molar-refractivity contribution is 5.78. The summed E-state index contributed by atoms with van der Waals surface area (Å²) >= 11 is 0. The molecule has 2 N–H and O–H groups in total. The highest BCUT2D eigenvalue weighted by atomic mass is 16.2. The average molecular weight is 389 g/mol. The summed E-state index contributed by atoms with van der Waals surface area (Å²) in [5.74, 6) is 0.305. The second-order valence-electron chi connectivity index (χ2n) is 6.67. The Balaban J connectivity index is 1.69. The van der Waals surface area contributed by atoms with Gasteiger partial charge in [-0.1, -0.05) is 42.5 Å². The fourth-order valence-electron chi connectivity index (χ4n) is 3.29. The maximum atomic E-state index is 12.7. The zero-order chi connectivity index (χ0) is 20.4. The van der Waals surface area contributed by atoms with E-state index in [1.165, 1.54) is 12.3 Å². The lowest BCUT2D eigenvalue weighted by atomic mass is 10.1. The molecular weight excluding hydrogens is 370 g/mol. The molecule has 0 aliphatic rings. The topological polar surface area (TPSA) is 102 Å². The third-order valence-corrected chi connectivity index (χ3v) is 4.73. The molecule has 146 valence electrons. The van der Waals surface area contributed by atoms with Gasteiger partial charge in [-0.3, -0.25) is 19.1 Å². The van der Waals surface area contributed by atoms with Gasteiger partial charge in [0, 0.05) is 19.3 Å². The van der Waals surface area contributed by atoms with Gasteiger partial charge in [0.05, 0.1) is 11.0 Å². The van der Waals surface area contributed by atoms with Gasteiger partial charge >= 0.3 is 5.69 Å². The lowest BCUT2D eigenvalue weighted by Gasteiger charge is -2.19. The fraction of sp³-hybridized carbons (Fsp3) is 0.143. The van der Waals surface area contributed by atoms with Crippen LogP contribution in [0.3, 0.4) is 0 Å². The number of nitrogens with one attached hydrogen (secondary N) is 2. The highest BCUT2D eigenvalue weighted by Gasteiger charge is 2.22. The lowest BCUT2D eigenvalue weighted by Crippen LogP contribution is -2.37. The third kappa shape index (κ3) is 3.73. The number of para-hydroxylation sites is 2. The molecule has 0 saturated carbocycles. The van der Waals surface area contributed by atoms with Gasteiger partial charge in [0.2, 0.25) is 5.91 Å². The molecule has 4 aromatic rings. The van der Waals surface area contributed by atoms with E-state index >= 15 is 0 Å². The summed E-state index contributed by atoms with van der Waals surface area (Å²) in [5, 5.41) is 2.97. The van der Waals surface area contributed by atoms with E-state index < -0.39 is 17.3 Å². The van der Waals surface area contributed by atoms with Crippen LogP contribution in [0, 0.1) is 0 Å². The molecule has 1 amide bonds. The predicted octanol–water partition coefficient (Wildman–Crippen LogP) is 1.33. The van der Waals surface area contributed by atoms with Gasteiger partial charge in [0.15, 0.2) is 0 Å². The van der Waals surface area contributed by atoms with Crippen molar-refractivity contribution in [2.75, 3.05) is 0 Å². The standard InChI is InChI=1S/C21H19N5O3/c1-25-16-10-6-5-9-15(16)22-20(25)19(14-7-3-2-4-8-14)23-18(28)13-26-12-11-17(27)24-21(26)29/h2-12,19H,13H2,1H3,(H,23,28)(H,24,27,29). The molecule has 0 bridgehead atoms. The number of imidazole rings is 1. The van der Waals surface area contributed by atoms with Crippen molar-refractivity contribution in [3.05, 3.63) is 99.1 Å². The first-order valence-corrected chi connectivity index (χ1v) is 9.08. The van der Waals surface area contributed by atoms with E-state index in [1.54, 1.807) is 0 Å². The molecule has 2 heterocycles. The molecule has 0 fully saturated rings. The highest BCUT2D eigenvalue weighted by Crippen LogP contribution is 2.24. The number of H-pyrrole nitrogens is 1. The molecule has 2 aromatic carbocycles. The molecule has 0 aliphatic heterocycles. The number of hydrogen-bond donors (Lipinski definition) is 2. The SMILES string of the molecule is Cn1c(C(NC(=O)Cn2ccc(=O)[nH]c2=O)c2ccccc2)nc2ccccc21. The Bertz CT molecular complexity index is 1290. The summed E-state index contributed by atoms with van der Waals surface area (Å²) in [4.78, 5) is 42.7. The summed E-state index contributed by atoms with van der Waals surface area (Å²) < 4.78 is 3.09. The Labute approximate surface area is 165 Å². The minimum absolute atomic E-state index is 0.219. The minimum Gasteiger partial charge on any atom is -0.341 e. The van der Waals surface area contributed by atoms with Crippen molar-refractivity contribution in [1.82, 2.24) is 24.4 Å². The molecule has 2 aromatic heterocycles. The number of rotatable bonds is 5. The smallest absolute Gasteiger partial charge is 0.328 e. The minimum atomic E-state index is -0.633. The van der Waals surface area contributed by atoms with Crippen LogP contribution in [0.2, 0.25) is 0 Å².